The maximum absolute atomic E-state index is 11.2. The van der Waals surface area contributed by atoms with E-state index in [4.69, 9.17) is 10.5 Å². The Bertz CT molecular complexity index is 1060. The highest BCUT2D eigenvalue weighted by molar-refractivity contribution is 5.95. The van der Waals surface area contributed by atoms with Crippen molar-refractivity contribution in [2.45, 2.75) is 32.4 Å². The van der Waals surface area contributed by atoms with Crippen molar-refractivity contribution in [1.29, 1.82) is 0 Å². The zero-order valence-corrected chi connectivity index (χ0v) is 17.2. The first-order valence-electron chi connectivity index (χ1n) is 10.0. The predicted octanol–water partition coefficient (Wildman–Crippen LogP) is 3.66. The summed E-state index contributed by atoms with van der Waals surface area (Å²) in [6, 6.07) is 12.8. The molecule has 0 aliphatic carbocycles. The number of ether oxygens (including phenoxy) is 1. The lowest BCUT2D eigenvalue weighted by Crippen LogP contribution is -2.23. The summed E-state index contributed by atoms with van der Waals surface area (Å²) in [5.41, 5.74) is 8.91. The number of hydrogen-bond donors (Lipinski definition) is 2. The van der Waals surface area contributed by atoms with Gasteiger partial charge in [0.15, 0.2) is 0 Å². The molecule has 2 heterocycles. The summed E-state index contributed by atoms with van der Waals surface area (Å²) in [5.74, 6) is 0.232. The first kappa shape index (κ1) is 20.0. The average molecular weight is 406 g/mol. The molecule has 0 spiro atoms. The Morgan fingerprint density at radius 3 is 2.60 bits per heavy atom. The van der Waals surface area contributed by atoms with Crippen LogP contribution < -0.4 is 10.5 Å². The summed E-state index contributed by atoms with van der Waals surface area (Å²) >= 11 is 0. The van der Waals surface area contributed by atoms with Crippen molar-refractivity contribution in [3.05, 3.63) is 71.0 Å². The lowest BCUT2D eigenvalue weighted by atomic mass is 10.1. The topological polar surface area (TPSA) is 93.6 Å². The van der Waals surface area contributed by atoms with Gasteiger partial charge in [-0.25, -0.2) is 0 Å². The second-order valence-corrected chi connectivity index (χ2v) is 7.76. The van der Waals surface area contributed by atoms with Crippen molar-refractivity contribution in [2.24, 2.45) is 12.8 Å². The van der Waals surface area contributed by atoms with E-state index in [1.165, 1.54) is 29.7 Å². The van der Waals surface area contributed by atoms with E-state index >= 15 is 0 Å². The number of benzene rings is 2. The molecule has 3 N–H and O–H groups in total. The summed E-state index contributed by atoms with van der Waals surface area (Å²) < 4.78 is 7.68. The number of aryl methyl sites for hydroxylation is 2. The molecule has 1 fully saturated rings. The standard InChI is InChI=1S/C23H26N4O3/c1-15-20(14-26(2)25-15)21-4-3-11-27(21)13-16-5-7-17(8-6-16)30-18-9-10-19(23(24)29)22(28)12-18/h5-10,12,14,21,28H,3-4,11,13H2,1-2H3,(H2,24,29). The quantitative estimate of drug-likeness (QED) is 0.652. The maximum atomic E-state index is 11.2. The van der Waals surface area contributed by atoms with Gasteiger partial charge in [-0.15, -0.1) is 0 Å². The molecule has 1 atom stereocenters. The molecule has 1 amide bonds. The minimum Gasteiger partial charge on any atom is -0.507 e. The number of aromatic hydroxyl groups is 1. The number of carbonyl (C=O) groups is 1. The van der Waals surface area contributed by atoms with Gasteiger partial charge in [-0.3, -0.25) is 14.4 Å². The van der Waals surface area contributed by atoms with Gasteiger partial charge in [0, 0.05) is 37.5 Å². The monoisotopic (exact) mass is 406 g/mol. The number of rotatable bonds is 6. The molecule has 3 aromatic rings. The normalized spacial score (nSPS) is 16.7. The molecule has 0 saturated carbocycles. The van der Waals surface area contributed by atoms with Gasteiger partial charge in [0.25, 0.3) is 5.91 Å². The van der Waals surface area contributed by atoms with Gasteiger partial charge < -0.3 is 15.6 Å². The number of phenols is 1. The van der Waals surface area contributed by atoms with Gasteiger partial charge in [0.1, 0.15) is 17.2 Å². The molecule has 1 aliphatic heterocycles. The summed E-state index contributed by atoms with van der Waals surface area (Å²) in [4.78, 5) is 13.7. The first-order valence-corrected chi connectivity index (χ1v) is 10.0. The molecule has 1 unspecified atom stereocenters. The van der Waals surface area contributed by atoms with E-state index in [0.29, 0.717) is 17.5 Å². The van der Waals surface area contributed by atoms with Crippen LogP contribution in [0.25, 0.3) is 0 Å². The van der Waals surface area contributed by atoms with Crippen LogP contribution in [0.5, 0.6) is 17.2 Å². The fraction of sp³-hybridized carbons (Fsp3) is 0.304. The summed E-state index contributed by atoms with van der Waals surface area (Å²) in [6.07, 6.45) is 4.47. The smallest absolute Gasteiger partial charge is 0.252 e. The van der Waals surface area contributed by atoms with Crippen molar-refractivity contribution in [2.75, 3.05) is 6.54 Å². The number of nitrogens with zero attached hydrogens (tertiary/aromatic N) is 3. The Hall–Kier alpha value is -3.32. The van der Waals surface area contributed by atoms with Crippen molar-refractivity contribution in [3.8, 4) is 17.2 Å². The summed E-state index contributed by atoms with van der Waals surface area (Å²) in [6.45, 7) is 4.02. The number of carbonyl (C=O) groups excluding carboxylic acids is 1. The number of nitrogens with two attached hydrogens (primary N) is 1. The van der Waals surface area contributed by atoms with Crippen LogP contribution in [-0.4, -0.2) is 32.2 Å². The highest BCUT2D eigenvalue weighted by Crippen LogP contribution is 2.35. The maximum Gasteiger partial charge on any atom is 0.252 e. The second-order valence-electron chi connectivity index (χ2n) is 7.76. The Morgan fingerprint density at radius 1 is 1.23 bits per heavy atom. The largest absolute Gasteiger partial charge is 0.507 e. The number of likely N-dealkylation sites (tertiary alicyclic amines) is 1. The number of aromatic nitrogens is 2. The predicted molar refractivity (Wildman–Crippen MR) is 113 cm³/mol. The Balaban J connectivity index is 1.43. The van der Waals surface area contributed by atoms with Crippen molar-refractivity contribution >= 4 is 5.91 Å². The molecule has 0 radical (unpaired) electrons. The lowest BCUT2D eigenvalue weighted by Gasteiger charge is -2.24. The zero-order chi connectivity index (χ0) is 21.3. The molecule has 4 rings (SSSR count). The number of primary amides is 1. The highest BCUT2D eigenvalue weighted by atomic mass is 16.5. The Labute approximate surface area is 175 Å². The molecular weight excluding hydrogens is 380 g/mol. The minimum absolute atomic E-state index is 0.0710. The van der Waals surface area contributed by atoms with Gasteiger partial charge in [-0.05, 0) is 56.1 Å². The Kier molecular flexibility index (Phi) is 5.46. The van der Waals surface area contributed by atoms with Crippen LogP contribution in [0.2, 0.25) is 0 Å². The molecule has 0 bridgehead atoms. The van der Waals surface area contributed by atoms with E-state index in [9.17, 15) is 9.90 Å². The van der Waals surface area contributed by atoms with Gasteiger partial charge in [0.2, 0.25) is 0 Å². The van der Waals surface area contributed by atoms with Crippen LogP contribution in [0, 0.1) is 6.92 Å². The third-order valence-electron chi connectivity index (χ3n) is 5.55. The van der Waals surface area contributed by atoms with Crippen LogP contribution in [0.15, 0.2) is 48.7 Å². The molecule has 156 valence electrons. The third-order valence-corrected chi connectivity index (χ3v) is 5.55. The van der Waals surface area contributed by atoms with E-state index in [-0.39, 0.29) is 11.3 Å². The van der Waals surface area contributed by atoms with Crippen LogP contribution in [0.1, 0.15) is 46.1 Å². The number of hydrogen-bond acceptors (Lipinski definition) is 5. The lowest BCUT2D eigenvalue weighted by molar-refractivity contribution is 0.0997. The average Bonchev–Trinajstić information content (AvgIpc) is 3.28. The van der Waals surface area contributed by atoms with E-state index in [1.54, 1.807) is 6.07 Å². The van der Waals surface area contributed by atoms with Crippen LogP contribution in [0.4, 0.5) is 0 Å². The highest BCUT2D eigenvalue weighted by Gasteiger charge is 2.28. The van der Waals surface area contributed by atoms with Gasteiger partial charge in [-0.2, -0.15) is 5.10 Å². The van der Waals surface area contributed by atoms with Crippen molar-refractivity contribution in [3.63, 3.8) is 0 Å². The van der Waals surface area contributed by atoms with Gasteiger partial charge in [0.05, 0.1) is 11.3 Å². The van der Waals surface area contributed by atoms with Crippen molar-refractivity contribution < 1.29 is 14.6 Å². The zero-order valence-electron chi connectivity index (χ0n) is 17.2. The van der Waals surface area contributed by atoms with Gasteiger partial charge >= 0.3 is 0 Å². The molecule has 2 aromatic carbocycles. The molecule has 1 aromatic heterocycles. The van der Waals surface area contributed by atoms with E-state index in [0.717, 1.165) is 25.2 Å². The fourth-order valence-corrected chi connectivity index (χ4v) is 4.13. The molecular formula is C23H26N4O3. The fourth-order valence-electron chi connectivity index (χ4n) is 4.13. The van der Waals surface area contributed by atoms with Gasteiger partial charge in [-0.1, -0.05) is 12.1 Å². The molecule has 1 aliphatic rings. The van der Waals surface area contributed by atoms with Crippen LogP contribution in [-0.2, 0) is 13.6 Å². The third kappa shape index (κ3) is 4.16. The first-order chi connectivity index (χ1) is 14.4. The summed E-state index contributed by atoms with van der Waals surface area (Å²) in [7, 11) is 1.97. The SMILES string of the molecule is Cc1nn(C)cc1C1CCCN1Cc1ccc(Oc2ccc(C(N)=O)c(O)c2)cc1. The number of amides is 1. The molecule has 1 saturated heterocycles. The van der Waals surface area contributed by atoms with Crippen LogP contribution >= 0.6 is 0 Å². The summed E-state index contributed by atoms with van der Waals surface area (Å²) in [5, 5.41) is 14.4. The second kappa shape index (κ2) is 8.20. The van der Waals surface area contributed by atoms with Crippen molar-refractivity contribution in [1.82, 2.24) is 14.7 Å². The molecule has 7 heteroatoms. The van der Waals surface area contributed by atoms with Crippen LogP contribution in [0.3, 0.4) is 0 Å². The van der Waals surface area contributed by atoms with E-state index < -0.39 is 5.91 Å². The molecule has 7 nitrogen and oxygen atoms in total. The van der Waals surface area contributed by atoms with E-state index in [2.05, 4.69) is 35.3 Å². The Morgan fingerprint density at radius 2 is 1.97 bits per heavy atom. The minimum atomic E-state index is -0.676. The molecule has 30 heavy (non-hydrogen) atoms. The van der Waals surface area contributed by atoms with E-state index in [1.807, 2.05) is 23.9 Å².